The average molecular weight is 315 g/mol. The minimum atomic E-state index is -0.289. The van der Waals surface area contributed by atoms with Crippen molar-refractivity contribution in [1.29, 1.82) is 0 Å². The van der Waals surface area contributed by atoms with Crippen molar-refractivity contribution in [3.05, 3.63) is 28.2 Å². The van der Waals surface area contributed by atoms with Crippen molar-refractivity contribution in [3.8, 4) is 0 Å². The van der Waals surface area contributed by atoms with Gasteiger partial charge in [0.25, 0.3) is 0 Å². The highest BCUT2D eigenvalue weighted by Gasteiger charge is 2.25. The minimum absolute atomic E-state index is 0.114. The molecule has 0 saturated carbocycles. The summed E-state index contributed by atoms with van der Waals surface area (Å²) >= 11 is 3.51. The molecule has 0 heterocycles. The summed E-state index contributed by atoms with van der Waals surface area (Å²) < 4.78 is 1.05. The van der Waals surface area contributed by atoms with Gasteiger partial charge in [-0.3, -0.25) is 0 Å². The predicted octanol–water partition coefficient (Wildman–Crippen LogP) is 2.94. The standard InChI is InChI=1S/C14H23BrN2O/c1-10(16-4)12-7-6-11(15)8-13(12)17(5)14(2,3)9-18/h6-8,10,16,18H,9H2,1-5H3. The van der Waals surface area contributed by atoms with E-state index in [-0.39, 0.29) is 18.2 Å². The van der Waals surface area contributed by atoms with Crippen LogP contribution in [0.1, 0.15) is 32.4 Å². The molecule has 3 nitrogen and oxygen atoms in total. The number of benzene rings is 1. The summed E-state index contributed by atoms with van der Waals surface area (Å²) in [6.45, 7) is 6.30. The van der Waals surface area contributed by atoms with Crippen molar-refractivity contribution in [3.63, 3.8) is 0 Å². The minimum Gasteiger partial charge on any atom is -0.394 e. The van der Waals surface area contributed by atoms with E-state index in [4.69, 9.17) is 0 Å². The number of aliphatic hydroxyl groups is 1. The number of rotatable bonds is 5. The number of nitrogens with one attached hydrogen (secondary N) is 1. The molecule has 1 aromatic rings. The molecule has 4 heteroatoms. The van der Waals surface area contributed by atoms with Gasteiger partial charge in [-0.2, -0.15) is 0 Å². The molecule has 0 radical (unpaired) electrons. The van der Waals surface area contributed by atoms with Gasteiger partial charge in [-0.25, -0.2) is 0 Å². The first-order chi connectivity index (χ1) is 8.33. The fraction of sp³-hybridized carbons (Fsp3) is 0.571. The second-order valence-corrected chi connectivity index (χ2v) is 6.16. The molecule has 0 aliphatic heterocycles. The van der Waals surface area contributed by atoms with Crippen LogP contribution in [-0.2, 0) is 0 Å². The third-order valence-corrected chi connectivity index (χ3v) is 4.04. The van der Waals surface area contributed by atoms with Crippen LogP contribution in [0, 0.1) is 0 Å². The molecular formula is C14H23BrN2O. The molecule has 0 aromatic heterocycles. The van der Waals surface area contributed by atoms with Crippen LogP contribution in [0.25, 0.3) is 0 Å². The molecular weight excluding hydrogens is 292 g/mol. The van der Waals surface area contributed by atoms with Gasteiger partial charge < -0.3 is 15.3 Å². The van der Waals surface area contributed by atoms with Gasteiger partial charge >= 0.3 is 0 Å². The van der Waals surface area contributed by atoms with Gasteiger partial charge in [-0.1, -0.05) is 22.0 Å². The van der Waals surface area contributed by atoms with E-state index in [1.165, 1.54) is 5.56 Å². The number of halogens is 1. The summed E-state index contributed by atoms with van der Waals surface area (Å²) in [5.41, 5.74) is 2.07. The lowest BCUT2D eigenvalue weighted by Gasteiger charge is -2.38. The zero-order valence-corrected chi connectivity index (χ0v) is 13.4. The van der Waals surface area contributed by atoms with Crippen LogP contribution < -0.4 is 10.2 Å². The van der Waals surface area contributed by atoms with Gasteiger partial charge in [0, 0.05) is 23.2 Å². The number of hydrogen-bond acceptors (Lipinski definition) is 3. The summed E-state index contributed by atoms with van der Waals surface area (Å²) in [5, 5.41) is 12.8. The lowest BCUT2D eigenvalue weighted by Crippen LogP contribution is -2.45. The highest BCUT2D eigenvalue weighted by atomic mass is 79.9. The Labute approximate surface area is 118 Å². The van der Waals surface area contributed by atoms with E-state index in [1.54, 1.807) is 0 Å². The first-order valence-corrected chi connectivity index (χ1v) is 6.94. The third-order valence-electron chi connectivity index (χ3n) is 3.55. The van der Waals surface area contributed by atoms with Crippen LogP contribution in [-0.4, -0.2) is 31.3 Å². The van der Waals surface area contributed by atoms with Crippen molar-refractivity contribution in [1.82, 2.24) is 5.32 Å². The molecule has 0 amide bonds. The van der Waals surface area contributed by atoms with Crippen LogP contribution in [0.15, 0.2) is 22.7 Å². The molecule has 2 N–H and O–H groups in total. The van der Waals surface area contributed by atoms with E-state index in [0.717, 1.165) is 10.2 Å². The monoisotopic (exact) mass is 314 g/mol. The topological polar surface area (TPSA) is 35.5 Å². The lowest BCUT2D eigenvalue weighted by atomic mass is 9.99. The Hall–Kier alpha value is -0.580. The Bertz CT molecular complexity index is 407. The molecule has 0 bridgehead atoms. The summed E-state index contributed by atoms with van der Waals surface area (Å²) in [7, 11) is 3.97. The zero-order valence-electron chi connectivity index (χ0n) is 11.8. The van der Waals surface area contributed by atoms with E-state index >= 15 is 0 Å². The molecule has 1 aromatic carbocycles. The molecule has 0 spiro atoms. The van der Waals surface area contributed by atoms with Crippen LogP contribution in [0.3, 0.4) is 0 Å². The molecule has 0 saturated heterocycles. The Kier molecular flexibility index (Phi) is 5.20. The van der Waals surface area contributed by atoms with Gasteiger partial charge in [0.15, 0.2) is 0 Å². The van der Waals surface area contributed by atoms with Gasteiger partial charge in [-0.15, -0.1) is 0 Å². The van der Waals surface area contributed by atoms with Crippen LogP contribution >= 0.6 is 15.9 Å². The molecule has 102 valence electrons. The van der Waals surface area contributed by atoms with Gasteiger partial charge in [0.05, 0.1) is 12.1 Å². The SMILES string of the molecule is CNC(C)c1ccc(Br)cc1N(C)C(C)(C)CO. The molecule has 18 heavy (non-hydrogen) atoms. The summed E-state index contributed by atoms with van der Waals surface area (Å²) in [4.78, 5) is 2.13. The molecule has 0 fully saturated rings. The average Bonchev–Trinajstić information content (AvgIpc) is 2.36. The maximum absolute atomic E-state index is 9.51. The van der Waals surface area contributed by atoms with Crippen molar-refractivity contribution < 1.29 is 5.11 Å². The third kappa shape index (κ3) is 3.25. The van der Waals surface area contributed by atoms with E-state index in [1.807, 2.05) is 34.0 Å². The molecule has 1 unspecified atom stereocenters. The lowest BCUT2D eigenvalue weighted by molar-refractivity contribution is 0.216. The van der Waals surface area contributed by atoms with Crippen molar-refractivity contribution in [2.75, 3.05) is 25.6 Å². The van der Waals surface area contributed by atoms with Crippen molar-refractivity contribution in [2.45, 2.75) is 32.4 Å². The Balaban J connectivity index is 3.25. The van der Waals surface area contributed by atoms with Crippen LogP contribution in [0.2, 0.25) is 0 Å². The van der Waals surface area contributed by atoms with Crippen LogP contribution in [0.4, 0.5) is 5.69 Å². The van der Waals surface area contributed by atoms with Gasteiger partial charge in [-0.05, 0) is 45.5 Å². The molecule has 0 aliphatic rings. The van der Waals surface area contributed by atoms with Gasteiger partial charge in [0.1, 0.15) is 0 Å². The number of anilines is 1. The number of aliphatic hydroxyl groups excluding tert-OH is 1. The summed E-state index contributed by atoms with van der Waals surface area (Å²) in [6.07, 6.45) is 0. The summed E-state index contributed by atoms with van der Waals surface area (Å²) in [6, 6.07) is 6.53. The number of hydrogen-bond donors (Lipinski definition) is 2. The quantitative estimate of drug-likeness (QED) is 0.877. The number of likely N-dealkylation sites (N-methyl/N-ethyl adjacent to an activating group) is 1. The summed E-state index contributed by atoms with van der Waals surface area (Å²) in [5.74, 6) is 0. The van der Waals surface area contributed by atoms with Crippen molar-refractivity contribution in [2.24, 2.45) is 0 Å². The zero-order chi connectivity index (χ0) is 13.9. The van der Waals surface area contributed by atoms with Crippen LogP contribution in [0.5, 0.6) is 0 Å². The Morgan fingerprint density at radius 2 is 2.06 bits per heavy atom. The largest absolute Gasteiger partial charge is 0.394 e. The molecule has 1 atom stereocenters. The molecule has 0 aliphatic carbocycles. The van der Waals surface area contributed by atoms with E-state index in [2.05, 4.69) is 45.2 Å². The Morgan fingerprint density at radius 1 is 1.44 bits per heavy atom. The smallest absolute Gasteiger partial charge is 0.0658 e. The van der Waals surface area contributed by atoms with E-state index in [9.17, 15) is 5.11 Å². The highest BCUT2D eigenvalue weighted by Crippen LogP contribution is 2.32. The Morgan fingerprint density at radius 3 is 2.56 bits per heavy atom. The highest BCUT2D eigenvalue weighted by molar-refractivity contribution is 9.10. The fourth-order valence-electron chi connectivity index (χ4n) is 1.76. The second kappa shape index (κ2) is 6.04. The van der Waals surface area contributed by atoms with E-state index < -0.39 is 0 Å². The first-order valence-electron chi connectivity index (χ1n) is 6.15. The fourth-order valence-corrected chi connectivity index (χ4v) is 2.11. The normalized spacial score (nSPS) is 13.5. The predicted molar refractivity (Wildman–Crippen MR) is 81.2 cm³/mol. The number of nitrogens with zero attached hydrogens (tertiary/aromatic N) is 1. The first kappa shape index (κ1) is 15.5. The maximum atomic E-state index is 9.51. The maximum Gasteiger partial charge on any atom is 0.0658 e. The van der Waals surface area contributed by atoms with Crippen molar-refractivity contribution >= 4 is 21.6 Å². The van der Waals surface area contributed by atoms with Gasteiger partial charge in [0.2, 0.25) is 0 Å². The van der Waals surface area contributed by atoms with E-state index in [0.29, 0.717) is 0 Å². The molecule has 1 rings (SSSR count). The second-order valence-electron chi connectivity index (χ2n) is 5.24.